The molecule has 0 unspecified atom stereocenters. The van der Waals surface area contributed by atoms with Crippen LogP contribution in [0, 0.1) is 0 Å². The zero-order valence-electron chi connectivity index (χ0n) is 14.4. The summed E-state index contributed by atoms with van der Waals surface area (Å²) < 4.78 is 5.81. The molecule has 0 heterocycles. The Balaban J connectivity index is 1.83. The minimum absolute atomic E-state index is 0.217. The molecule has 0 bridgehead atoms. The van der Waals surface area contributed by atoms with E-state index < -0.39 is 0 Å². The lowest BCUT2D eigenvalue weighted by molar-refractivity contribution is 0.200. The van der Waals surface area contributed by atoms with Crippen LogP contribution in [-0.2, 0) is 13.0 Å². The standard InChI is InChI=1S/C20H28N2O2/c1-2-22(13-14-23)12-6-9-17-10-11-20(19(21)15-17)24-16-18-7-4-3-5-8-18/h3-5,7-8,10-11,15,23H,2,6,9,12-14,16,21H2,1H3. The maximum absolute atomic E-state index is 9.01. The second-order valence-corrected chi connectivity index (χ2v) is 5.91. The van der Waals surface area contributed by atoms with Crippen molar-refractivity contribution in [3.05, 3.63) is 59.7 Å². The second-order valence-electron chi connectivity index (χ2n) is 5.91. The first-order chi connectivity index (χ1) is 11.7. The van der Waals surface area contributed by atoms with E-state index in [0.717, 1.165) is 43.8 Å². The molecule has 0 aliphatic heterocycles. The molecule has 4 heteroatoms. The van der Waals surface area contributed by atoms with E-state index in [1.54, 1.807) is 0 Å². The maximum Gasteiger partial charge on any atom is 0.142 e. The number of nitrogens with zero attached hydrogens (tertiary/aromatic N) is 1. The van der Waals surface area contributed by atoms with E-state index in [1.807, 2.05) is 42.5 Å². The van der Waals surface area contributed by atoms with E-state index >= 15 is 0 Å². The van der Waals surface area contributed by atoms with E-state index in [9.17, 15) is 0 Å². The van der Waals surface area contributed by atoms with Crippen LogP contribution in [0.2, 0.25) is 0 Å². The Bertz CT molecular complexity index is 602. The van der Waals surface area contributed by atoms with Crippen LogP contribution in [0.25, 0.3) is 0 Å². The second kappa shape index (κ2) is 9.96. The van der Waals surface area contributed by atoms with Gasteiger partial charge in [-0.2, -0.15) is 0 Å². The minimum Gasteiger partial charge on any atom is -0.487 e. The molecule has 3 N–H and O–H groups in total. The van der Waals surface area contributed by atoms with Crippen molar-refractivity contribution < 1.29 is 9.84 Å². The highest BCUT2D eigenvalue weighted by Gasteiger charge is 2.05. The average molecular weight is 328 g/mol. The number of nitrogens with two attached hydrogens (primary N) is 1. The Morgan fingerprint density at radius 1 is 1.04 bits per heavy atom. The van der Waals surface area contributed by atoms with E-state index in [0.29, 0.717) is 12.3 Å². The third kappa shape index (κ3) is 5.87. The van der Waals surface area contributed by atoms with E-state index in [2.05, 4.69) is 17.9 Å². The number of ether oxygens (including phenoxy) is 1. The lowest BCUT2D eigenvalue weighted by Crippen LogP contribution is -2.27. The number of rotatable bonds is 10. The summed E-state index contributed by atoms with van der Waals surface area (Å²) in [5.74, 6) is 0.734. The number of nitrogen functional groups attached to an aromatic ring is 1. The van der Waals surface area contributed by atoms with Crippen molar-refractivity contribution in [2.45, 2.75) is 26.4 Å². The predicted molar refractivity (Wildman–Crippen MR) is 99.1 cm³/mol. The molecule has 2 rings (SSSR count). The number of hydrogen-bond acceptors (Lipinski definition) is 4. The summed E-state index contributed by atoms with van der Waals surface area (Å²) in [5.41, 5.74) is 9.16. The van der Waals surface area contributed by atoms with Gasteiger partial charge in [0.05, 0.1) is 12.3 Å². The number of benzene rings is 2. The third-order valence-corrected chi connectivity index (χ3v) is 4.11. The van der Waals surface area contributed by atoms with Crippen molar-refractivity contribution in [1.82, 2.24) is 4.90 Å². The fraction of sp³-hybridized carbons (Fsp3) is 0.400. The van der Waals surface area contributed by atoms with Gasteiger partial charge in [-0.1, -0.05) is 43.3 Å². The van der Waals surface area contributed by atoms with Crippen LogP contribution in [0.15, 0.2) is 48.5 Å². The molecule has 0 amide bonds. The van der Waals surface area contributed by atoms with E-state index in [4.69, 9.17) is 15.6 Å². The van der Waals surface area contributed by atoms with Crippen molar-refractivity contribution in [3.63, 3.8) is 0 Å². The molecular formula is C20H28N2O2. The SMILES string of the molecule is CCN(CCO)CCCc1ccc(OCc2ccccc2)c(N)c1. The molecule has 4 nitrogen and oxygen atoms in total. The van der Waals surface area contributed by atoms with Gasteiger partial charge in [0.15, 0.2) is 0 Å². The molecule has 0 saturated carbocycles. The topological polar surface area (TPSA) is 58.7 Å². The lowest BCUT2D eigenvalue weighted by atomic mass is 10.1. The van der Waals surface area contributed by atoms with Gasteiger partial charge < -0.3 is 20.5 Å². The molecule has 0 aromatic heterocycles. The van der Waals surface area contributed by atoms with Crippen LogP contribution >= 0.6 is 0 Å². The summed E-state index contributed by atoms with van der Waals surface area (Å²) in [5, 5.41) is 9.01. The number of anilines is 1. The van der Waals surface area contributed by atoms with Gasteiger partial charge >= 0.3 is 0 Å². The number of hydrogen-bond donors (Lipinski definition) is 2. The van der Waals surface area contributed by atoms with Gasteiger partial charge in [0.2, 0.25) is 0 Å². The summed E-state index contributed by atoms with van der Waals surface area (Å²) in [6, 6.07) is 16.1. The van der Waals surface area contributed by atoms with Gasteiger partial charge in [-0.15, -0.1) is 0 Å². The number of aryl methyl sites for hydroxylation is 1. The van der Waals surface area contributed by atoms with Crippen LogP contribution < -0.4 is 10.5 Å². The Morgan fingerprint density at radius 2 is 1.83 bits per heavy atom. The largest absolute Gasteiger partial charge is 0.487 e. The van der Waals surface area contributed by atoms with Gasteiger partial charge in [-0.25, -0.2) is 0 Å². The molecule has 130 valence electrons. The summed E-state index contributed by atoms with van der Waals surface area (Å²) in [6.45, 7) is 5.56. The fourth-order valence-corrected chi connectivity index (χ4v) is 2.70. The zero-order valence-corrected chi connectivity index (χ0v) is 14.4. The van der Waals surface area contributed by atoms with Gasteiger partial charge in [-0.05, 0) is 49.2 Å². The Morgan fingerprint density at radius 3 is 2.50 bits per heavy atom. The first-order valence-corrected chi connectivity index (χ1v) is 8.61. The monoisotopic (exact) mass is 328 g/mol. The van der Waals surface area contributed by atoms with Crippen LogP contribution in [0.3, 0.4) is 0 Å². The quantitative estimate of drug-likeness (QED) is 0.658. The van der Waals surface area contributed by atoms with Crippen molar-refractivity contribution in [2.24, 2.45) is 0 Å². The molecular weight excluding hydrogens is 300 g/mol. The first-order valence-electron chi connectivity index (χ1n) is 8.61. The van der Waals surface area contributed by atoms with Crippen molar-refractivity contribution in [1.29, 1.82) is 0 Å². The van der Waals surface area contributed by atoms with Gasteiger partial charge in [0, 0.05) is 6.54 Å². The zero-order chi connectivity index (χ0) is 17.2. The molecule has 0 aliphatic rings. The number of aliphatic hydroxyl groups excluding tert-OH is 1. The minimum atomic E-state index is 0.217. The average Bonchev–Trinajstić information content (AvgIpc) is 2.61. The Labute approximate surface area is 144 Å². The van der Waals surface area contributed by atoms with Crippen molar-refractivity contribution in [3.8, 4) is 5.75 Å². The molecule has 0 atom stereocenters. The normalized spacial score (nSPS) is 11.0. The third-order valence-electron chi connectivity index (χ3n) is 4.11. The molecule has 0 fully saturated rings. The molecule has 0 aliphatic carbocycles. The van der Waals surface area contributed by atoms with Crippen molar-refractivity contribution >= 4 is 5.69 Å². The molecule has 2 aromatic carbocycles. The highest BCUT2D eigenvalue weighted by molar-refractivity contribution is 5.54. The van der Waals surface area contributed by atoms with E-state index in [1.165, 1.54) is 5.56 Å². The summed E-state index contributed by atoms with van der Waals surface area (Å²) in [4.78, 5) is 2.25. The highest BCUT2D eigenvalue weighted by Crippen LogP contribution is 2.24. The predicted octanol–water partition coefficient (Wildman–Crippen LogP) is 3.09. The highest BCUT2D eigenvalue weighted by atomic mass is 16.5. The number of aliphatic hydroxyl groups is 1. The number of likely N-dealkylation sites (N-methyl/N-ethyl adjacent to an activating group) is 1. The molecule has 2 aromatic rings. The Hall–Kier alpha value is -2.04. The molecule has 0 radical (unpaired) electrons. The summed E-state index contributed by atoms with van der Waals surface area (Å²) in [6.07, 6.45) is 2.03. The lowest BCUT2D eigenvalue weighted by Gasteiger charge is -2.18. The first kappa shape index (κ1) is 18.3. The van der Waals surface area contributed by atoms with Gasteiger partial charge in [0.25, 0.3) is 0 Å². The molecule has 0 spiro atoms. The van der Waals surface area contributed by atoms with E-state index in [-0.39, 0.29) is 6.61 Å². The van der Waals surface area contributed by atoms with Gasteiger partial charge in [-0.3, -0.25) is 0 Å². The van der Waals surface area contributed by atoms with Crippen LogP contribution in [0.1, 0.15) is 24.5 Å². The summed E-state index contributed by atoms with van der Waals surface area (Å²) in [7, 11) is 0. The smallest absolute Gasteiger partial charge is 0.142 e. The van der Waals surface area contributed by atoms with Crippen molar-refractivity contribution in [2.75, 3.05) is 32.0 Å². The van der Waals surface area contributed by atoms with Crippen LogP contribution in [0.4, 0.5) is 5.69 Å². The van der Waals surface area contributed by atoms with Gasteiger partial charge in [0.1, 0.15) is 12.4 Å². The molecule has 24 heavy (non-hydrogen) atoms. The molecule has 0 saturated heterocycles. The Kier molecular flexibility index (Phi) is 7.59. The summed E-state index contributed by atoms with van der Waals surface area (Å²) >= 11 is 0. The maximum atomic E-state index is 9.01. The van der Waals surface area contributed by atoms with Crippen LogP contribution in [-0.4, -0.2) is 36.2 Å². The van der Waals surface area contributed by atoms with Crippen LogP contribution in [0.5, 0.6) is 5.75 Å². The fourth-order valence-electron chi connectivity index (χ4n) is 2.70.